The summed E-state index contributed by atoms with van der Waals surface area (Å²) < 4.78 is 1.64. The highest BCUT2D eigenvalue weighted by molar-refractivity contribution is 5.75. The van der Waals surface area contributed by atoms with Gasteiger partial charge in [-0.1, -0.05) is 18.2 Å². The van der Waals surface area contributed by atoms with Crippen molar-refractivity contribution in [3.63, 3.8) is 0 Å². The van der Waals surface area contributed by atoms with E-state index >= 15 is 0 Å². The van der Waals surface area contributed by atoms with Gasteiger partial charge < -0.3 is 5.32 Å². The van der Waals surface area contributed by atoms with E-state index in [9.17, 15) is 4.79 Å². The third-order valence-corrected chi connectivity index (χ3v) is 3.39. The number of anilines is 2. The largest absolute Gasteiger partial charge is 0.324 e. The van der Waals surface area contributed by atoms with Gasteiger partial charge >= 0.3 is 0 Å². The Bertz CT molecular complexity index is 936. The molecule has 0 radical (unpaired) electrons. The van der Waals surface area contributed by atoms with E-state index in [1.807, 2.05) is 30.3 Å². The molecule has 2 heterocycles. The summed E-state index contributed by atoms with van der Waals surface area (Å²) in [6.45, 7) is 2.30. The van der Waals surface area contributed by atoms with Gasteiger partial charge in [0.25, 0.3) is 5.56 Å². The zero-order chi connectivity index (χ0) is 16.1. The molecule has 0 saturated heterocycles. The lowest BCUT2D eigenvalue weighted by atomic mass is 10.3. The van der Waals surface area contributed by atoms with E-state index in [0.717, 1.165) is 11.1 Å². The third-order valence-electron chi connectivity index (χ3n) is 3.39. The molecule has 1 aromatic carbocycles. The van der Waals surface area contributed by atoms with Crippen molar-refractivity contribution in [3.05, 3.63) is 59.0 Å². The van der Waals surface area contributed by atoms with Crippen molar-refractivity contribution in [1.82, 2.24) is 14.5 Å². The summed E-state index contributed by atoms with van der Waals surface area (Å²) in [6, 6.07) is 13.0. The van der Waals surface area contributed by atoms with E-state index in [1.165, 1.54) is 6.07 Å². The van der Waals surface area contributed by atoms with Gasteiger partial charge in [0.05, 0.1) is 0 Å². The third kappa shape index (κ3) is 3.38. The Kier molecular flexibility index (Phi) is 4.34. The molecule has 0 bridgehead atoms. The standard InChI is InChI=1S/C18H16N4O/c1-2-3-7-12-22-16(23)11-10-14-13-19-18(21-17(14)22)20-15-8-5-4-6-9-15/h4-6,8-11,13H,7,12H2,1H3,(H,19,20,21). The van der Waals surface area contributed by atoms with Gasteiger partial charge in [-0.05, 0) is 25.1 Å². The fraction of sp³-hybridized carbons (Fsp3) is 0.167. The second kappa shape index (κ2) is 6.75. The number of fused-ring (bicyclic) bond motifs is 1. The van der Waals surface area contributed by atoms with E-state index in [1.54, 1.807) is 23.8 Å². The molecular weight excluding hydrogens is 288 g/mol. The Morgan fingerprint density at radius 1 is 1.17 bits per heavy atom. The quantitative estimate of drug-likeness (QED) is 0.753. The van der Waals surface area contributed by atoms with Crippen LogP contribution in [0, 0.1) is 11.8 Å². The first kappa shape index (κ1) is 14.8. The average molecular weight is 304 g/mol. The van der Waals surface area contributed by atoms with Gasteiger partial charge in [-0.2, -0.15) is 4.98 Å². The molecule has 5 heteroatoms. The van der Waals surface area contributed by atoms with Crippen LogP contribution in [0.4, 0.5) is 11.6 Å². The fourth-order valence-electron chi connectivity index (χ4n) is 2.29. The zero-order valence-electron chi connectivity index (χ0n) is 12.8. The van der Waals surface area contributed by atoms with Crippen LogP contribution in [0.15, 0.2) is 53.5 Å². The van der Waals surface area contributed by atoms with Crippen LogP contribution in [0.2, 0.25) is 0 Å². The Morgan fingerprint density at radius 3 is 2.78 bits per heavy atom. The second-order valence-corrected chi connectivity index (χ2v) is 4.96. The lowest BCUT2D eigenvalue weighted by Crippen LogP contribution is -2.20. The van der Waals surface area contributed by atoms with Crippen molar-refractivity contribution in [1.29, 1.82) is 0 Å². The number of rotatable bonds is 4. The van der Waals surface area contributed by atoms with Crippen LogP contribution in [0.5, 0.6) is 0 Å². The summed E-state index contributed by atoms with van der Waals surface area (Å²) in [5.41, 5.74) is 1.43. The second-order valence-electron chi connectivity index (χ2n) is 4.96. The summed E-state index contributed by atoms with van der Waals surface area (Å²) in [7, 11) is 0. The summed E-state index contributed by atoms with van der Waals surface area (Å²) in [4.78, 5) is 20.9. The summed E-state index contributed by atoms with van der Waals surface area (Å²) in [5.74, 6) is 6.28. The van der Waals surface area contributed by atoms with Crippen LogP contribution in [0.25, 0.3) is 11.0 Å². The predicted octanol–water partition coefficient (Wildman–Crippen LogP) is 2.95. The normalized spacial score (nSPS) is 10.1. The maximum Gasteiger partial charge on any atom is 0.252 e. The first-order valence-corrected chi connectivity index (χ1v) is 7.36. The van der Waals surface area contributed by atoms with Gasteiger partial charge in [-0.15, -0.1) is 11.8 Å². The topological polar surface area (TPSA) is 59.8 Å². The molecule has 0 amide bonds. The smallest absolute Gasteiger partial charge is 0.252 e. The molecule has 3 rings (SSSR count). The van der Waals surface area contributed by atoms with E-state index < -0.39 is 0 Å². The van der Waals surface area contributed by atoms with Crippen molar-refractivity contribution in [2.24, 2.45) is 0 Å². The maximum atomic E-state index is 12.1. The first-order chi connectivity index (χ1) is 11.3. The lowest BCUT2D eigenvalue weighted by Gasteiger charge is -2.09. The number of nitrogens with one attached hydrogen (secondary N) is 1. The van der Waals surface area contributed by atoms with Gasteiger partial charge in [0, 0.05) is 36.3 Å². The highest BCUT2D eigenvalue weighted by Gasteiger charge is 2.06. The molecule has 0 saturated carbocycles. The molecule has 5 nitrogen and oxygen atoms in total. The van der Waals surface area contributed by atoms with Crippen molar-refractivity contribution in [2.45, 2.75) is 19.9 Å². The Morgan fingerprint density at radius 2 is 2.00 bits per heavy atom. The number of aryl methyl sites for hydroxylation is 1. The van der Waals surface area contributed by atoms with Crippen molar-refractivity contribution < 1.29 is 0 Å². The molecule has 0 aliphatic heterocycles. The van der Waals surface area contributed by atoms with E-state index in [4.69, 9.17) is 0 Å². The van der Waals surface area contributed by atoms with Crippen LogP contribution in [0.1, 0.15) is 13.3 Å². The first-order valence-electron chi connectivity index (χ1n) is 7.36. The Balaban J connectivity index is 2.00. The molecule has 0 spiro atoms. The fourth-order valence-corrected chi connectivity index (χ4v) is 2.29. The Hall–Kier alpha value is -3.13. The number of hydrogen-bond donors (Lipinski definition) is 1. The van der Waals surface area contributed by atoms with Crippen molar-refractivity contribution in [3.8, 4) is 11.8 Å². The average Bonchev–Trinajstić information content (AvgIpc) is 2.58. The SMILES string of the molecule is CC#CCCn1c(=O)ccc2cnc(Nc3ccccc3)nc21. The van der Waals surface area contributed by atoms with Gasteiger partial charge in [-0.25, -0.2) is 4.98 Å². The van der Waals surface area contributed by atoms with Gasteiger partial charge in [-0.3, -0.25) is 9.36 Å². The molecule has 0 fully saturated rings. The molecule has 1 N–H and O–H groups in total. The summed E-state index contributed by atoms with van der Waals surface area (Å²) in [6.07, 6.45) is 2.33. The number of para-hydroxylation sites is 1. The van der Waals surface area contributed by atoms with Crippen LogP contribution in [0.3, 0.4) is 0 Å². The van der Waals surface area contributed by atoms with Crippen molar-refractivity contribution >= 4 is 22.7 Å². The molecule has 114 valence electrons. The molecule has 0 unspecified atom stereocenters. The minimum absolute atomic E-state index is 0.0836. The van der Waals surface area contributed by atoms with E-state index in [2.05, 4.69) is 27.1 Å². The lowest BCUT2D eigenvalue weighted by molar-refractivity contribution is 0.709. The minimum Gasteiger partial charge on any atom is -0.324 e. The van der Waals surface area contributed by atoms with Crippen LogP contribution < -0.4 is 10.9 Å². The number of benzene rings is 1. The maximum absolute atomic E-state index is 12.1. The highest BCUT2D eigenvalue weighted by atomic mass is 16.1. The van der Waals surface area contributed by atoms with E-state index in [-0.39, 0.29) is 5.56 Å². The van der Waals surface area contributed by atoms with Gasteiger partial charge in [0.1, 0.15) is 5.65 Å². The zero-order valence-corrected chi connectivity index (χ0v) is 12.8. The molecular formula is C18H16N4O. The van der Waals surface area contributed by atoms with Crippen LogP contribution in [-0.2, 0) is 6.54 Å². The highest BCUT2D eigenvalue weighted by Crippen LogP contribution is 2.15. The molecule has 0 aliphatic rings. The molecule has 3 aromatic rings. The predicted molar refractivity (Wildman–Crippen MR) is 91.6 cm³/mol. The number of aromatic nitrogens is 3. The van der Waals surface area contributed by atoms with E-state index in [0.29, 0.717) is 24.6 Å². The molecule has 0 atom stereocenters. The van der Waals surface area contributed by atoms with Gasteiger partial charge in [0.15, 0.2) is 0 Å². The number of hydrogen-bond acceptors (Lipinski definition) is 4. The molecule has 0 aliphatic carbocycles. The van der Waals surface area contributed by atoms with Crippen LogP contribution >= 0.6 is 0 Å². The summed E-state index contributed by atoms with van der Waals surface area (Å²) in [5, 5.41) is 3.97. The molecule has 2 aromatic heterocycles. The van der Waals surface area contributed by atoms with Crippen LogP contribution in [-0.4, -0.2) is 14.5 Å². The van der Waals surface area contributed by atoms with Gasteiger partial charge in [0.2, 0.25) is 5.95 Å². The van der Waals surface area contributed by atoms with Crippen molar-refractivity contribution in [2.75, 3.05) is 5.32 Å². The minimum atomic E-state index is -0.0836. The number of nitrogens with zero attached hydrogens (tertiary/aromatic N) is 3. The number of pyridine rings is 1. The molecule has 23 heavy (non-hydrogen) atoms. The monoisotopic (exact) mass is 304 g/mol. The summed E-state index contributed by atoms with van der Waals surface area (Å²) >= 11 is 0. The Labute approximate surface area is 134 Å².